The molecule has 0 aliphatic carbocycles. The number of aryl methyl sites for hydroxylation is 1. The summed E-state index contributed by atoms with van der Waals surface area (Å²) in [5.74, 6) is 0.238. The van der Waals surface area contributed by atoms with Gasteiger partial charge in [-0.3, -0.25) is 4.79 Å². The Morgan fingerprint density at radius 1 is 1.23 bits per heavy atom. The van der Waals surface area contributed by atoms with E-state index < -0.39 is 3.79 Å². The Morgan fingerprint density at radius 3 is 2.68 bits per heavy atom. The maximum atomic E-state index is 12.1. The third-order valence-corrected chi connectivity index (χ3v) is 3.41. The third kappa shape index (κ3) is 3.24. The maximum Gasteiger partial charge on any atom is 0.268 e. The minimum absolute atomic E-state index is 0.122. The smallest absolute Gasteiger partial charge is 0.268 e. The summed E-state index contributed by atoms with van der Waals surface area (Å²) < 4.78 is 3.42. The lowest BCUT2D eigenvalue weighted by molar-refractivity contribution is 0.0971. The fourth-order valence-electron chi connectivity index (χ4n) is 1.89. The molecule has 6 nitrogen and oxygen atoms in total. The Morgan fingerprint density at radius 2 is 2.00 bits per heavy atom. The number of hydrogen-bond donors (Lipinski definition) is 1. The minimum Gasteiger partial charge on any atom is -0.421 e. The van der Waals surface area contributed by atoms with Gasteiger partial charge in [0.1, 0.15) is 0 Å². The first-order valence-corrected chi connectivity index (χ1v) is 7.44. The fraction of sp³-hybridized carbons (Fsp3) is 0.231. The number of imidazole rings is 1. The second-order valence-corrected chi connectivity index (χ2v) is 6.81. The summed E-state index contributed by atoms with van der Waals surface area (Å²) in [6.07, 6.45) is 0.394. The van der Waals surface area contributed by atoms with Crippen LogP contribution < -0.4 is 0 Å². The van der Waals surface area contributed by atoms with E-state index in [4.69, 9.17) is 39.2 Å². The number of Topliss-reactive ketones (excluding diaryl/α,β-unsaturated/α-hetero) is 1. The molecule has 0 aliphatic rings. The lowest BCUT2D eigenvalue weighted by Gasteiger charge is -2.02. The average Bonchev–Trinajstić information content (AvgIpc) is 3.10. The van der Waals surface area contributed by atoms with E-state index in [0.29, 0.717) is 5.82 Å². The van der Waals surface area contributed by atoms with Gasteiger partial charge in [-0.1, -0.05) is 46.9 Å². The Labute approximate surface area is 139 Å². The monoisotopic (exact) mass is 358 g/mol. The van der Waals surface area contributed by atoms with Crippen LogP contribution in [0.25, 0.3) is 11.0 Å². The standard InChI is InChI=1S/C13H9Cl3N4O2/c14-13(15,16)12-20-19-10(22-12)6-5-9(21)11-17-7-3-1-2-4-8(7)18-11/h1-4H,5-6H2,(H,17,18). The maximum absolute atomic E-state index is 12.1. The van der Waals surface area contributed by atoms with Gasteiger partial charge in [-0.05, 0) is 12.1 Å². The molecule has 9 heteroatoms. The zero-order valence-corrected chi connectivity index (χ0v) is 13.3. The molecule has 0 spiro atoms. The van der Waals surface area contributed by atoms with Gasteiger partial charge in [0.25, 0.3) is 9.68 Å². The van der Waals surface area contributed by atoms with Crippen molar-refractivity contribution in [1.82, 2.24) is 20.2 Å². The number of carbonyl (C=O) groups excluding carboxylic acids is 1. The second kappa shape index (κ2) is 5.87. The van der Waals surface area contributed by atoms with Crippen LogP contribution in [-0.2, 0) is 10.2 Å². The number of hydrogen-bond acceptors (Lipinski definition) is 5. The molecule has 1 aromatic carbocycles. The highest BCUT2D eigenvalue weighted by Gasteiger charge is 2.30. The van der Waals surface area contributed by atoms with Gasteiger partial charge in [-0.2, -0.15) is 0 Å². The Balaban J connectivity index is 1.68. The molecule has 0 bridgehead atoms. The van der Waals surface area contributed by atoms with E-state index in [9.17, 15) is 4.79 Å². The van der Waals surface area contributed by atoms with Crippen LogP contribution in [0.5, 0.6) is 0 Å². The SMILES string of the molecule is O=C(CCc1nnc(C(Cl)(Cl)Cl)o1)c1nc2ccccc2[nH]1. The molecule has 0 aliphatic heterocycles. The highest BCUT2D eigenvalue weighted by Crippen LogP contribution is 2.37. The van der Waals surface area contributed by atoms with Crippen molar-refractivity contribution >= 4 is 51.6 Å². The lowest BCUT2D eigenvalue weighted by Crippen LogP contribution is -2.03. The Bertz CT molecular complexity index is 789. The Hall–Kier alpha value is -1.63. The number of nitrogens with one attached hydrogen (secondary N) is 1. The summed E-state index contributed by atoms with van der Waals surface area (Å²) in [5.41, 5.74) is 1.55. The molecular weight excluding hydrogens is 351 g/mol. The van der Waals surface area contributed by atoms with E-state index in [2.05, 4.69) is 20.2 Å². The van der Waals surface area contributed by atoms with Crippen LogP contribution in [-0.4, -0.2) is 25.9 Å². The lowest BCUT2D eigenvalue weighted by atomic mass is 10.2. The van der Waals surface area contributed by atoms with Gasteiger partial charge in [-0.25, -0.2) is 4.98 Å². The number of benzene rings is 1. The molecule has 0 atom stereocenters. The fourth-order valence-corrected chi connectivity index (χ4v) is 2.12. The molecule has 1 N–H and O–H groups in total. The van der Waals surface area contributed by atoms with Crippen molar-refractivity contribution in [3.63, 3.8) is 0 Å². The summed E-state index contributed by atoms with van der Waals surface area (Å²) in [4.78, 5) is 19.3. The molecule has 3 rings (SSSR count). The van der Waals surface area contributed by atoms with Gasteiger partial charge in [0.15, 0.2) is 11.6 Å². The summed E-state index contributed by atoms with van der Waals surface area (Å²) in [7, 11) is 0. The number of para-hydroxylation sites is 2. The summed E-state index contributed by atoms with van der Waals surface area (Å²) in [5, 5.41) is 7.36. The molecule has 2 heterocycles. The van der Waals surface area contributed by atoms with Crippen LogP contribution in [0.1, 0.15) is 28.8 Å². The van der Waals surface area contributed by atoms with E-state index in [1.54, 1.807) is 0 Å². The number of ketones is 1. The molecule has 0 radical (unpaired) electrons. The molecule has 0 fully saturated rings. The van der Waals surface area contributed by atoms with Crippen molar-refractivity contribution in [3.05, 3.63) is 41.9 Å². The molecule has 0 saturated heterocycles. The highest BCUT2D eigenvalue weighted by atomic mass is 35.6. The number of fused-ring (bicyclic) bond motifs is 1. The third-order valence-electron chi connectivity index (χ3n) is 2.93. The summed E-state index contributed by atoms with van der Waals surface area (Å²) in [6, 6.07) is 7.40. The van der Waals surface area contributed by atoms with Crippen molar-refractivity contribution in [3.8, 4) is 0 Å². The minimum atomic E-state index is -1.77. The first-order chi connectivity index (χ1) is 10.4. The molecule has 0 amide bonds. The van der Waals surface area contributed by atoms with Crippen LogP contribution in [0.3, 0.4) is 0 Å². The van der Waals surface area contributed by atoms with Crippen LogP contribution >= 0.6 is 34.8 Å². The quantitative estimate of drug-likeness (QED) is 0.568. The highest BCUT2D eigenvalue weighted by molar-refractivity contribution is 6.66. The number of alkyl halides is 3. The zero-order chi connectivity index (χ0) is 15.7. The largest absolute Gasteiger partial charge is 0.421 e. The first-order valence-electron chi connectivity index (χ1n) is 6.31. The van der Waals surface area contributed by atoms with Gasteiger partial charge in [0.05, 0.1) is 11.0 Å². The zero-order valence-electron chi connectivity index (χ0n) is 11.0. The molecule has 22 heavy (non-hydrogen) atoms. The van der Waals surface area contributed by atoms with Crippen molar-refractivity contribution in [2.24, 2.45) is 0 Å². The molecule has 3 aromatic rings. The van der Waals surface area contributed by atoms with Crippen LogP contribution in [0.2, 0.25) is 0 Å². The van der Waals surface area contributed by atoms with E-state index in [0.717, 1.165) is 11.0 Å². The van der Waals surface area contributed by atoms with Crippen LogP contribution in [0, 0.1) is 0 Å². The van der Waals surface area contributed by atoms with E-state index in [1.807, 2.05) is 24.3 Å². The second-order valence-electron chi connectivity index (χ2n) is 4.52. The number of aromatic nitrogens is 4. The molecule has 114 valence electrons. The number of rotatable bonds is 4. The number of halogens is 3. The van der Waals surface area contributed by atoms with Crippen molar-refractivity contribution in [2.75, 3.05) is 0 Å². The Kier molecular flexibility index (Phi) is 4.08. The average molecular weight is 360 g/mol. The predicted octanol–water partition coefficient (Wildman–Crippen LogP) is 3.59. The number of nitrogens with zero attached hydrogens (tertiary/aromatic N) is 3. The van der Waals surface area contributed by atoms with E-state index in [-0.39, 0.29) is 30.4 Å². The molecular formula is C13H9Cl3N4O2. The normalized spacial score (nSPS) is 12.0. The van der Waals surface area contributed by atoms with Crippen LogP contribution in [0.15, 0.2) is 28.7 Å². The van der Waals surface area contributed by atoms with Gasteiger partial charge >= 0.3 is 0 Å². The summed E-state index contributed by atoms with van der Waals surface area (Å²) in [6.45, 7) is 0. The molecule has 2 aromatic heterocycles. The van der Waals surface area contributed by atoms with Crippen molar-refractivity contribution in [1.29, 1.82) is 0 Å². The summed E-state index contributed by atoms with van der Waals surface area (Å²) >= 11 is 16.9. The van der Waals surface area contributed by atoms with Gasteiger partial charge in [0, 0.05) is 12.8 Å². The number of aromatic amines is 1. The van der Waals surface area contributed by atoms with Crippen LogP contribution in [0.4, 0.5) is 0 Å². The number of H-pyrrole nitrogens is 1. The first kappa shape index (κ1) is 15.3. The molecule has 0 unspecified atom stereocenters. The topological polar surface area (TPSA) is 84.7 Å². The van der Waals surface area contributed by atoms with E-state index >= 15 is 0 Å². The predicted molar refractivity (Wildman–Crippen MR) is 82.3 cm³/mol. The number of carbonyl (C=O) groups is 1. The van der Waals surface area contributed by atoms with Crippen molar-refractivity contribution in [2.45, 2.75) is 16.6 Å². The van der Waals surface area contributed by atoms with Crippen molar-refractivity contribution < 1.29 is 9.21 Å². The van der Waals surface area contributed by atoms with E-state index in [1.165, 1.54) is 0 Å². The van der Waals surface area contributed by atoms with Gasteiger partial charge in [0.2, 0.25) is 5.89 Å². The van der Waals surface area contributed by atoms with Gasteiger partial charge < -0.3 is 9.40 Å². The molecule has 0 saturated carbocycles. The van der Waals surface area contributed by atoms with Gasteiger partial charge in [-0.15, -0.1) is 10.2 Å².